The molecular formula is C80H139NO13. The Hall–Kier alpha value is -3.35. The molecule has 1 amide bonds. The van der Waals surface area contributed by atoms with Crippen molar-refractivity contribution in [2.45, 2.75) is 370 Å². The number of aliphatic hydroxyl groups excluding tert-OH is 8. The van der Waals surface area contributed by atoms with E-state index in [1.807, 2.05) is 6.08 Å². The van der Waals surface area contributed by atoms with Crippen molar-refractivity contribution in [2.24, 2.45) is 0 Å². The number of carbonyl (C=O) groups excluding carboxylic acids is 1. The first kappa shape index (κ1) is 86.7. The number of rotatable bonds is 62. The van der Waals surface area contributed by atoms with E-state index in [1.54, 1.807) is 6.08 Å². The Labute approximate surface area is 572 Å². The first-order valence-corrected chi connectivity index (χ1v) is 38.1. The predicted octanol–water partition coefficient (Wildman–Crippen LogP) is 16.7. The molecule has 94 heavy (non-hydrogen) atoms. The van der Waals surface area contributed by atoms with Crippen LogP contribution in [-0.2, 0) is 23.7 Å². The number of aliphatic hydroxyl groups is 8. The fraction of sp³-hybridized carbons (Fsp3) is 0.762. The maximum absolute atomic E-state index is 13.4. The smallest absolute Gasteiger partial charge is 0.220 e. The molecule has 14 heteroatoms. The molecule has 542 valence electrons. The highest BCUT2D eigenvalue weighted by Crippen LogP contribution is 2.30. The van der Waals surface area contributed by atoms with Crippen LogP contribution >= 0.6 is 0 Å². The van der Waals surface area contributed by atoms with E-state index in [0.717, 1.165) is 89.9 Å². The summed E-state index contributed by atoms with van der Waals surface area (Å²) in [6, 6.07) is -0.922. The van der Waals surface area contributed by atoms with Crippen LogP contribution in [0.2, 0.25) is 0 Å². The second-order valence-corrected chi connectivity index (χ2v) is 26.4. The van der Waals surface area contributed by atoms with Crippen molar-refractivity contribution < 1.29 is 64.6 Å². The summed E-state index contributed by atoms with van der Waals surface area (Å²) in [7, 11) is 0. The molecule has 2 rings (SSSR count). The van der Waals surface area contributed by atoms with Crippen molar-refractivity contribution >= 4 is 5.91 Å². The zero-order chi connectivity index (χ0) is 68.0. The summed E-state index contributed by atoms with van der Waals surface area (Å²) in [6.07, 6.45) is 74.3. The van der Waals surface area contributed by atoms with Crippen molar-refractivity contribution in [1.29, 1.82) is 0 Å². The monoisotopic (exact) mass is 1320 g/mol. The highest BCUT2D eigenvalue weighted by molar-refractivity contribution is 5.76. The molecule has 0 spiro atoms. The first-order valence-electron chi connectivity index (χ1n) is 38.1. The van der Waals surface area contributed by atoms with Gasteiger partial charge in [0.05, 0.1) is 32.0 Å². The van der Waals surface area contributed by atoms with Gasteiger partial charge in [0.15, 0.2) is 12.6 Å². The number of hydrogen-bond acceptors (Lipinski definition) is 13. The van der Waals surface area contributed by atoms with Gasteiger partial charge in [0.1, 0.15) is 48.8 Å². The van der Waals surface area contributed by atoms with Gasteiger partial charge in [-0.05, 0) is 83.5 Å². The zero-order valence-electron chi connectivity index (χ0n) is 59.2. The summed E-state index contributed by atoms with van der Waals surface area (Å²) in [5.74, 6) is -0.240. The van der Waals surface area contributed by atoms with Crippen molar-refractivity contribution in [3.8, 4) is 0 Å². The highest BCUT2D eigenvalue weighted by atomic mass is 16.7. The molecule has 2 heterocycles. The lowest BCUT2D eigenvalue weighted by atomic mass is 9.97. The number of hydrogen-bond donors (Lipinski definition) is 9. The van der Waals surface area contributed by atoms with E-state index in [4.69, 9.17) is 18.9 Å². The number of allylic oxidation sites excluding steroid dienone is 17. The molecule has 9 N–H and O–H groups in total. The molecule has 2 fully saturated rings. The molecule has 12 unspecified atom stereocenters. The second kappa shape index (κ2) is 63.1. The van der Waals surface area contributed by atoms with E-state index in [9.17, 15) is 45.6 Å². The normalized spacial score (nSPS) is 23.1. The van der Waals surface area contributed by atoms with Crippen LogP contribution in [-0.4, -0.2) is 140 Å². The Bertz CT molecular complexity index is 2000. The predicted molar refractivity (Wildman–Crippen MR) is 387 cm³/mol. The molecule has 0 aromatic carbocycles. The number of carbonyl (C=O) groups is 1. The van der Waals surface area contributed by atoms with Gasteiger partial charge in [-0.15, -0.1) is 0 Å². The molecule has 12 atom stereocenters. The Morgan fingerprint density at radius 3 is 1.13 bits per heavy atom. The average molecular weight is 1320 g/mol. The quantitative estimate of drug-likeness (QED) is 0.0204. The molecule has 14 nitrogen and oxygen atoms in total. The molecule has 0 aliphatic carbocycles. The molecule has 2 saturated heterocycles. The maximum Gasteiger partial charge on any atom is 0.220 e. The van der Waals surface area contributed by atoms with Crippen LogP contribution in [0.25, 0.3) is 0 Å². The van der Waals surface area contributed by atoms with Crippen LogP contribution in [0.3, 0.4) is 0 Å². The summed E-state index contributed by atoms with van der Waals surface area (Å²) in [6.45, 7) is 2.71. The summed E-state index contributed by atoms with van der Waals surface area (Å²) >= 11 is 0. The molecule has 0 saturated carbocycles. The van der Waals surface area contributed by atoms with Crippen LogP contribution in [0, 0.1) is 0 Å². The molecule has 2 aliphatic heterocycles. The second-order valence-electron chi connectivity index (χ2n) is 26.4. The summed E-state index contributed by atoms with van der Waals surface area (Å²) < 4.78 is 22.9. The molecule has 0 aromatic heterocycles. The summed E-state index contributed by atoms with van der Waals surface area (Å²) in [5, 5.41) is 87.6. The largest absolute Gasteiger partial charge is 0.394 e. The highest BCUT2D eigenvalue weighted by Gasteiger charge is 2.51. The van der Waals surface area contributed by atoms with Gasteiger partial charge in [-0.2, -0.15) is 0 Å². The van der Waals surface area contributed by atoms with E-state index in [-0.39, 0.29) is 18.9 Å². The van der Waals surface area contributed by atoms with Gasteiger partial charge in [0.25, 0.3) is 0 Å². The summed E-state index contributed by atoms with van der Waals surface area (Å²) in [4.78, 5) is 13.4. The van der Waals surface area contributed by atoms with Crippen LogP contribution in [0.5, 0.6) is 0 Å². The van der Waals surface area contributed by atoms with Crippen molar-refractivity contribution in [3.63, 3.8) is 0 Å². The van der Waals surface area contributed by atoms with Crippen LogP contribution in [0.1, 0.15) is 296 Å². The lowest BCUT2D eigenvalue weighted by Gasteiger charge is -2.46. The zero-order valence-corrected chi connectivity index (χ0v) is 59.2. The minimum absolute atomic E-state index is 0.240. The minimum Gasteiger partial charge on any atom is -0.394 e. The lowest BCUT2D eigenvalue weighted by Crippen LogP contribution is -2.65. The van der Waals surface area contributed by atoms with Crippen molar-refractivity contribution in [3.05, 3.63) is 109 Å². The topological polar surface area (TPSA) is 228 Å². The van der Waals surface area contributed by atoms with E-state index in [2.05, 4.69) is 116 Å². The van der Waals surface area contributed by atoms with Gasteiger partial charge in [-0.1, -0.05) is 316 Å². The fourth-order valence-corrected chi connectivity index (χ4v) is 12.0. The molecular weight excluding hydrogens is 1180 g/mol. The standard InChI is InChI=1S/C80H139NO13/c1-3-5-7-9-11-13-15-17-19-21-23-25-26-27-28-29-30-31-32-33-34-35-36-37-38-39-40-41-42-44-46-48-50-52-54-56-58-60-62-64-72(85)81-68(69(84)63-61-59-57-55-53-51-49-47-45-43-24-22-20-18-16-14-12-10-8-6-4-2)67-91-79-77(90)75(88)78(71(66-83)93-79)94-80-76(89)74(87)73(86)70(65-82)92-80/h5,7,11,13,17,19,23,25,27-28,30-31,33-34,36-37,61,63,68-71,73-80,82-84,86-90H,3-4,6,8-10,12,14-16,18,20-22,24,26,29,32,35,38-60,62,64-67H2,1-2H3,(H,81,85)/b7-5-,13-11-,19-17-,25-23-,28-27-,31-30-,34-33-,37-36-,63-61+. The SMILES string of the molecule is CC/C=C\C/C=C\C/C=C\C/C=C\C/C=C\C/C=C\C/C=C\C/C=C\CCCCCCCCCCCCCCCCC(=O)NC(COC1OC(CO)C(OC2OC(CO)C(O)C(O)C2O)C(O)C1O)C(O)/C=C/CCCCCCCCCCCCCCCCCCCCC. The Balaban J connectivity index is 1.62. The van der Waals surface area contributed by atoms with Crippen molar-refractivity contribution in [2.75, 3.05) is 19.8 Å². The van der Waals surface area contributed by atoms with Crippen LogP contribution in [0.4, 0.5) is 0 Å². The third-order valence-electron chi connectivity index (χ3n) is 18.0. The third-order valence-corrected chi connectivity index (χ3v) is 18.0. The minimum atomic E-state index is -1.79. The van der Waals surface area contributed by atoms with Crippen LogP contribution < -0.4 is 5.32 Å². The average Bonchev–Trinajstić information content (AvgIpc) is 0.794. The van der Waals surface area contributed by atoms with Gasteiger partial charge in [-0.25, -0.2) is 0 Å². The third kappa shape index (κ3) is 46.0. The molecule has 2 aliphatic rings. The van der Waals surface area contributed by atoms with E-state index in [0.29, 0.717) is 6.42 Å². The maximum atomic E-state index is 13.4. The Morgan fingerprint density at radius 1 is 0.394 bits per heavy atom. The summed E-state index contributed by atoms with van der Waals surface area (Å²) in [5.41, 5.74) is 0. The molecule has 0 radical (unpaired) electrons. The van der Waals surface area contributed by atoms with Gasteiger partial charge >= 0.3 is 0 Å². The number of nitrogens with one attached hydrogen (secondary N) is 1. The van der Waals surface area contributed by atoms with E-state index >= 15 is 0 Å². The first-order chi connectivity index (χ1) is 46.1. The van der Waals surface area contributed by atoms with E-state index < -0.39 is 86.8 Å². The molecule has 0 aromatic rings. The Morgan fingerprint density at radius 2 is 0.734 bits per heavy atom. The van der Waals surface area contributed by atoms with Gasteiger partial charge in [0, 0.05) is 6.42 Å². The van der Waals surface area contributed by atoms with Gasteiger partial charge in [-0.3, -0.25) is 4.79 Å². The van der Waals surface area contributed by atoms with Crippen molar-refractivity contribution in [1.82, 2.24) is 5.32 Å². The lowest BCUT2D eigenvalue weighted by molar-refractivity contribution is -0.359. The Kier molecular flexibility index (Phi) is 58.2. The van der Waals surface area contributed by atoms with Gasteiger partial charge in [0.2, 0.25) is 5.91 Å². The van der Waals surface area contributed by atoms with E-state index in [1.165, 1.54) is 180 Å². The number of amides is 1. The fourth-order valence-electron chi connectivity index (χ4n) is 12.0. The number of unbranched alkanes of at least 4 members (excludes halogenated alkanes) is 33. The van der Waals surface area contributed by atoms with Gasteiger partial charge < -0.3 is 65.1 Å². The van der Waals surface area contributed by atoms with Crippen LogP contribution in [0.15, 0.2) is 109 Å². The molecule has 0 bridgehead atoms. The number of ether oxygens (including phenoxy) is 4.